The summed E-state index contributed by atoms with van der Waals surface area (Å²) in [6, 6.07) is 16.0. The molecule has 9 heteroatoms. The molecule has 0 aliphatic carbocycles. The van der Waals surface area contributed by atoms with Crippen LogP contribution in [0.1, 0.15) is 31.4 Å². The third kappa shape index (κ3) is 7.19. The molecule has 3 aromatic carbocycles. The zero-order chi connectivity index (χ0) is 25.7. The summed E-state index contributed by atoms with van der Waals surface area (Å²) in [6.07, 6.45) is 4.40. The van der Waals surface area contributed by atoms with Crippen LogP contribution in [0, 0.1) is 11.2 Å². The summed E-state index contributed by atoms with van der Waals surface area (Å²) in [7, 11) is -4.30. The summed E-state index contributed by atoms with van der Waals surface area (Å²) in [5.41, 5.74) is 3.15. The van der Waals surface area contributed by atoms with Crippen molar-refractivity contribution in [3.63, 3.8) is 0 Å². The first kappa shape index (κ1) is 27.0. The smallest absolute Gasteiger partial charge is 0.145 e. The topological polar surface area (TPSA) is 99.0 Å². The van der Waals surface area contributed by atoms with Crippen molar-refractivity contribution in [2.45, 2.75) is 37.6 Å². The van der Waals surface area contributed by atoms with Gasteiger partial charge in [-0.3, -0.25) is 9.87 Å². The van der Waals surface area contributed by atoms with Crippen molar-refractivity contribution in [2.75, 3.05) is 12.9 Å². The van der Waals surface area contributed by atoms with E-state index in [4.69, 9.17) is 21.7 Å². The van der Waals surface area contributed by atoms with E-state index in [1.165, 1.54) is 24.6 Å². The van der Waals surface area contributed by atoms with E-state index in [0.717, 1.165) is 24.1 Å². The molecule has 0 unspecified atom stereocenters. The quantitative estimate of drug-likeness (QED) is 0.206. The molecule has 0 aromatic heterocycles. The molecule has 0 saturated heterocycles. The first-order valence-corrected chi connectivity index (χ1v) is 14.0. The first-order valence-electron chi connectivity index (χ1n) is 11.3. The monoisotopic (exact) mass is 520 g/mol. The Labute approximate surface area is 210 Å². The van der Waals surface area contributed by atoms with Gasteiger partial charge in [-0.1, -0.05) is 37.1 Å². The zero-order valence-electron chi connectivity index (χ0n) is 20.1. The minimum atomic E-state index is -4.30. The summed E-state index contributed by atoms with van der Waals surface area (Å²) in [4.78, 5) is 0.318. The van der Waals surface area contributed by atoms with Gasteiger partial charge in [0, 0.05) is 30.7 Å². The predicted octanol–water partition coefficient (Wildman–Crippen LogP) is 5.21. The summed E-state index contributed by atoms with van der Waals surface area (Å²) < 4.78 is 46.2. The lowest BCUT2D eigenvalue weighted by atomic mass is 10.1. The molecule has 3 aromatic rings. The molecule has 0 aliphatic heterocycles. The van der Waals surface area contributed by atoms with E-state index < -0.39 is 15.6 Å². The van der Waals surface area contributed by atoms with Crippen molar-refractivity contribution in [2.24, 2.45) is 0 Å². The molecule has 35 heavy (non-hydrogen) atoms. The van der Waals surface area contributed by atoms with Crippen molar-refractivity contribution in [1.82, 2.24) is 4.72 Å². The second-order valence-electron chi connectivity index (χ2n) is 8.76. The van der Waals surface area contributed by atoms with Gasteiger partial charge in [-0.15, -0.1) is 9.53 Å². The standard InChI is InChI=1S/C26H31ClFN3O3S/c1-4-5-19-6-12-23(13-7-19)35(3,32,33)31-18(2)17-34-26-14-20(16-29)25(15-24(26)27)30-22-10-8-21(28)9-11-22/h6-16,18,29-30H,4-5,17H2,1-3H3,(H2,31,32,33)/p+1/t18-/m0/s1. The number of ether oxygens (including phenoxy) is 1. The van der Waals surface area contributed by atoms with Crippen molar-refractivity contribution in [1.29, 1.82) is 5.41 Å². The fourth-order valence-corrected chi connectivity index (χ4v) is 5.90. The van der Waals surface area contributed by atoms with Gasteiger partial charge in [0.05, 0.1) is 21.5 Å². The van der Waals surface area contributed by atoms with Gasteiger partial charge in [0.25, 0.3) is 0 Å². The number of nitrogens with two attached hydrogens (primary N) is 1. The molecule has 0 heterocycles. The van der Waals surface area contributed by atoms with Gasteiger partial charge < -0.3 is 10.1 Å². The van der Waals surface area contributed by atoms with Crippen LogP contribution in [-0.2, 0) is 16.0 Å². The van der Waals surface area contributed by atoms with Crippen molar-refractivity contribution < 1.29 is 23.2 Å². The van der Waals surface area contributed by atoms with Crippen LogP contribution >= 0.6 is 11.6 Å². The second-order valence-corrected chi connectivity index (χ2v) is 12.4. The number of aryl methyl sites for hydroxylation is 1. The number of rotatable bonds is 11. The van der Waals surface area contributed by atoms with Crippen LogP contribution in [0.25, 0.3) is 0 Å². The predicted molar refractivity (Wildman–Crippen MR) is 140 cm³/mol. The van der Waals surface area contributed by atoms with Gasteiger partial charge in [-0.2, -0.15) is 4.21 Å². The van der Waals surface area contributed by atoms with E-state index >= 15 is 0 Å². The molecule has 0 radical (unpaired) electrons. The van der Waals surface area contributed by atoms with E-state index in [9.17, 15) is 13.2 Å². The van der Waals surface area contributed by atoms with Crippen LogP contribution in [0.15, 0.2) is 65.6 Å². The molecule has 3 rings (SSSR count). The number of quaternary nitrogens is 1. The first-order chi connectivity index (χ1) is 16.5. The fraction of sp³-hybridized carbons (Fsp3) is 0.269. The molecule has 5 N–H and O–H groups in total. The highest BCUT2D eigenvalue weighted by Gasteiger charge is 2.26. The van der Waals surface area contributed by atoms with Gasteiger partial charge >= 0.3 is 0 Å². The van der Waals surface area contributed by atoms with Gasteiger partial charge in [-0.25, -0.2) is 9.11 Å². The van der Waals surface area contributed by atoms with E-state index in [0.29, 0.717) is 26.9 Å². The number of hydrogen-bond donors (Lipinski definition) is 4. The Bertz CT molecular complexity index is 1240. The summed E-state index contributed by atoms with van der Waals surface area (Å²) >= 11 is 6.43. The SMILES string of the molecule is CCCc1ccc(S(C)(=O)(O)N[C@@H](C)COc2cc(C=N)c([NH2+]c3ccc(F)cc3)cc2Cl)cc1. The number of hydrogen-bond acceptors (Lipinski definition) is 3. The lowest BCUT2D eigenvalue weighted by Gasteiger charge is -2.42. The van der Waals surface area contributed by atoms with Crippen LogP contribution in [0.4, 0.5) is 15.8 Å². The van der Waals surface area contributed by atoms with Crippen LogP contribution in [0.5, 0.6) is 5.75 Å². The highest BCUT2D eigenvalue weighted by Crippen LogP contribution is 2.30. The third-order valence-corrected chi connectivity index (χ3v) is 8.11. The largest absolute Gasteiger partial charge is 0.490 e. The minimum absolute atomic E-state index is 0.0784. The van der Waals surface area contributed by atoms with Crippen LogP contribution in [0.2, 0.25) is 5.02 Å². The molecule has 6 nitrogen and oxygen atoms in total. The molecule has 0 amide bonds. The summed E-state index contributed by atoms with van der Waals surface area (Å²) in [5, 5.41) is 9.90. The Morgan fingerprint density at radius 3 is 2.46 bits per heavy atom. The van der Waals surface area contributed by atoms with Crippen molar-refractivity contribution >= 4 is 38.7 Å². The normalized spacial score (nSPS) is 13.6. The Morgan fingerprint density at radius 1 is 1.20 bits per heavy atom. The number of nitrogens with one attached hydrogen (secondary N) is 2. The van der Waals surface area contributed by atoms with Crippen LogP contribution < -0.4 is 14.8 Å². The zero-order valence-corrected chi connectivity index (χ0v) is 21.6. The van der Waals surface area contributed by atoms with Gasteiger partial charge in [-0.05, 0) is 49.2 Å². The van der Waals surface area contributed by atoms with Gasteiger partial charge in [0.1, 0.15) is 29.5 Å². The van der Waals surface area contributed by atoms with E-state index in [1.807, 2.05) is 12.1 Å². The Balaban J connectivity index is 1.69. The molecule has 188 valence electrons. The highest BCUT2D eigenvalue weighted by atomic mass is 35.5. The van der Waals surface area contributed by atoms with Gasteiger partial charge in [0.2, 0.25) is 0 Å². The lowest BCUT2D eigenvalue weighted by Crippen LogP contribution is -2.71. The molecule has 0 saturated carbocycles. The molecule has 0 fully saturated rings. The second kappa shape index (κ2) is 11.0. The summed E-state index contributed by atoms with van der Waals surface area (Å²) in [6.45, 7) is 3.92. The van der Waals surface area contributed by atoms with E-state index in [-0.39, 0.29) is 12.4 Å². The maximum atomic E-state index is 13.4. The van der Waals surface area contributed by atoms with Crippen molar-refractivity contribution in [3.05, 3.63) is 82.6 Å². The van der Waals surface area contributed by atoms with Crippen LogP contribution in [0.3, 0.4) is 0 Å². The Morgan fingerprint density at radius 2 is 1.86 bits per heavy atom. The molecule has 0 aliphatic rings. The Hall–Kier alpha value is -2.62. The Kier molecular flexibility index (Phi) is 8.46. The minimum Gasteiger partial charge on any atom is -0.490 e. The fourth-order valence-electron chi connectivity index (χ4n) is 3.74. The molecule has 0 bridgehead atoms. The number of benzene rings is 3. The molecule has 1 atom stereocenters. The number of halogens is 2. The molecule has 0 spiro atoms. The average molecular weight is 521 g/mol. The van der Waals surface area contributed by atoms with Crippen molar-refractivity contribution in [3.8, 4) is 5.75 Å². The third-order valence-electron chi connectivity index (χ3n) is 5.47. The summed E-state index contributed by atoms with van der Waals surface area (Å²) in [5.74, 6) is 0.0326. The van der Waals surface area contributed by atoms with Gasteiger partial charge in [0.15, 0.2) is 0 Å². The lowest BCUT2D eigenvalue weighted by molar-refractivity contribution is -0.478. The van der Waals surface area contributed by atoms with Crippen LogP contribution in [-0.4, -0.2) is 33.9 Å². The molecular weight excluding hydrogens is 489 g/mol. The maximum absolute atomic E-state index is 13.4. The molecular formula is C26H32ClFN3O3S+. The maximum Gasteiger partial charge on any atom is 0.145 e. The van der Waals surface area contributed by atoms with E-state index in [1.54, 1.807) is 48.6 Å². The highest BCUT2D eigenvalue weighted by molar-refractivity contribution is 8.12. The average Bonchev–Trinajstić information content (AvgIpc) is 2.80. The van der Waals surface area contributed by atoms with E-state index in [2.05, 4.69) is 11.6 Å².